The molecule has 8 heteroatoms. The number of nitrogens with zero attached hydrogens (tertiary/aromatic N) is 1. The molecule has 1 saturated heterocycles. The summed E-state index contributed by atoms with van der Waals surface area (Å²) in [5.41, 5.74) is -0.333. The summed E-state index contributed by atoms with van der Waals surface area (Å²) in [6.07, 6.45) is 1.71. The third-order valence-electron chi connectivity index (χ3n) is 4.19. The normalized spacial score (nSPS) is 19.2. The molecular formula is C18H27FN2O4S. The molecule has 1 fully saturated rings. The molecule has 0 saturated carbocycles. The Morgan fingerprint density at radius 2 is 2.04 bits per heavy atom. The first-order chi connectivity index (χ1) is 12.0. The van der Waals surface area contributed by atoms with Crippen molar-refractivity contribution in [2.75, 3.05) is 13.1 Å². The summed E-state index contributed by atoms with van der Waals surface area (Å²) in [4.78, 5) is 11.9. The van der Waals surface area contributed by atoms with Crippen molar-refractivity contribution in [1.82, 2.24) is 9.62 Å². The van der Waals surface area contributed by atoms with E-state index in [9.17, 15) is 17.6 Å². The van der Waals surface area contributed by atoms with Crippen molar-refractivity contribution in [3.8, 4) is 0 Å². The molecular weight excluding hydrogens is 359 g/mol. The Bertz CT molecular complexity index is 759. The molecule has 1 atom stereocenters. The van der Waals surface area contributed by atoms with Crippen LogP contribution in [0.5, 0.6) is 0 Å². The molecule has 0 bridgehead atoms. The molecule has 6 nitrogen and oxygen atoms in total. The van der Waals surface area contributed by atoms with Crippen LogP contribution >= 0.6 is 0 Å². The molecule has 26 heavy (non-hydrogen) atoms. The van der Waals surface area contributed by atoms with Gasteiger partial charge >= 0.3 is 6.09 Å². The van der Waals surface area contributed by atoms with Crippen LogP contribution in [-0.2, 0) is 14.8 Å². The second-order valence-electron chi connectivity index (χ2n) is 7.56. The molecule has 146 valence electrons. The van der Waals surface area contributed by atoms with Gasteiger partial charge in [0.05, 0.1) is 4.90 Å². The SMILES string of the molecule is Cc1cc(S(=O)(=O)N2CCCCC2CNC(=O)OC(C)(C)C)ccc1F. The largest absolute Gasteiger partial charge is 0.444 e. The van der Waals surface area contributed by atoms with E-state index < -0.39 is 27.5 Å². The van der Waals surface area contributed by atoms with Gasteiger partial charge in [0, 0.05) is 19.1 Å². The summed E-state index contributed by atoms with van der Waals surface area (Å²) in [7, 11) is -3.76. The lowest BCUT2D eigenvalue weighted by Gasteiger charge is -2.35. The number of carbonyl (C=O) groups is 1. The fraction of sp³-hybridized carbons (Fsp3) is 0.611. The van der Waals surface area contributed by atoms with Crippen LogP contribution in [-0.4, -0.2) is 43.5 Å². The summed E-state index contributed by atoms with van der Waals surface area (Å²) in [5.74, 6) is -0.439. The molecule has 1 unspecified atom stereocenters. The lowest BCUT2D eigenvalue weighted by atomic mass is 10.1. The monoisotopic (exact) mass is 386 g/mol. The van der Waals surface area contributed by atoms with Gasteiger partial charge in [-0.05, 0) is 64.3 Å². The fourth-order valence-corrected chi connectivity index (χ4v) is 4.70. The van der Waals surface area contributed by atoms with Crippen molar-refractivity contribution in [3.63, 3.8) is 0 Å². The maximum Gasteiger partial charge on any atom is 0.407 e. The van der Waals surface area contributed by atoms with Gasteiger partial charge in [-0.1, -0.05) is 6.42 Å². The highest BCUT2D eigenvalue weighted by Gasteiger charge is 2.34. The van der Waals surface area contributed by atoms with Crippen molar-refractivity contribution >= 4 is 16.1 Å². The molecule has 0 radical (unpaired) electrons. The Labute approximate surface area is 154 Å². The van der Waals surface area contributed by atoms with Crippen molar-refractivity contribution in [2.24, 2.45) is 0 Å². The number of aryl methyl sites for hydroxylation is 1. The average Bonchev–Trinajstić information content (AvgIpc) is 2.54. The highest BCUT2D eigenvalue weighted by atomic mass is 32.2. The van der Waals surface area contributed by atoms with Gasteiger partial charge < -0.3 is 10.1 Å². The first-order valence-corrected chi connectivity index (χ1v) is 10.2. The van der Waals surface area contributed by atoms with E-state index in [-0.39, 0.29) is 23.0 Å². The van der Waals surface area contributed by atoms with Crippen molar-refractivity contribution in [3.05, 3.63) is 29.6 Å². The molecule has 1 N–H and O–H groups in total. The number of rotatable bonds is 4. The van der Waals surface area contributed by atoms with Crippen molar-refractivity contribution in [2.45, 2.75) is 63.5 Å². The molecule has 1 heterocycles. The Morgan fingerprint density at radius 1 is 1.35 bits per heavy atom. The molecule has 0 aromatic heterocycles. The summed E-state index contributed by atoms with van der Waals surface area (Å²) in [6, 6.07) is 3.44. The van der Waals surface area contributed by atoms with E-state index in [1.807, 2.05) is 0 Å². The van der Waals surface area contributed by atoms with Gasteiger partial charge in [0.25, 0.3) is 0 Å². The van der Waals surface area contributed by atoms with Crippen LogP contribution in [0, 0.1) is 12.7 Å². The van der Waals surface area contributed by atoms with E-state index >= 15 is 0 Å². The molecule has 0 aliphatic carbocycles. The number of halogens is 1. The number of hydrogen-bond donors (Lipinski definition) is 1. The van der Waals surface area contributed by atoms with Gasteiger partial charge in [-0.2, -0.15) is 4.31 Å². The van der Waals surface area contributed by atoms with E-state index in [0.717, 1.165) is 12.8 Å². The zero-order valence-electron chi connectivity index (χ0n) is 15.7. The minimum Gasteiger partial charge on any atom is -0.444 e. The molecule has 1 aromatic carbocycles. The van der Waals surface area contributed by atoms with Crippen LogP contribution in [0.2, 0.25) is 0 Å². The van der Waals surface area contributed by atoms with Gasteiger partial charge in [0.15, 0.2) is 0 Å². The number of amides is 1. The number of ether oxygens (including phenoxy) is 1. The average molecular weight is 386 g/mol. The minimum absolute atomic E-state index is 0.0700. The van der Waals surface area contributed by atoms with E-state index in [0.29, 0.717) is 13.0 Å². The van der Waals surface area contributed by atoms with Crippen LogP contribution in [0.15, 0.2) is 23.1 Å². The zero-order chi connectivity index (χ0) is 19.5. The van der Waals surface area contributed by atoms with Gasteiger partial charge in [0.1, 0.15) is 11.4 Å². The Balaban J connectivity index is 2.14. The maximum atomic E-state index is 13.5. The molecule has 1 aliphatic heterocycles. The molecule has 1 aromatic rings. The second-order valence-corrected chi connectivity index (χ2v) is 9.45. The number of carbonyl (C=O) groups excluding carboxylic acids is 1. The van der Waals surface area contributed by atoms with Gasteiger partial charge in [0.2, 0.25) is 10.0 Å². The lowest BCUT2D eigenvalue weighted by Crippen LogP contribution is -2.49. The van der Waals surface area contributed by atoms with Crippen LogP contribution in [0.1, 0.15) is 45.6 Å². The number of alkyl carbamates (subject to hydrolysis) is 1. The predicted octanol–water partition coefficient (Wildman–Crippen LogP) is 3.20. The summed E-state index contributed by atoms with van der Waals surface area (Å²) >= 11 is 0. The van der Waals surface area contributed by atoms with Crippen LogP contribution in [0.3, 0.4) is 0 Å². The predicted molar refractivity (Wildman–Crippen MR) is 96.9 cm³/mol. The maximum absolute atomic E-state index is 13.5. The smallest absolute Gasteiger partial charge is 0.407 e. The molecule has 1 aliphatic rings. The summed E-state index contributed by atoms with van der Waals surface area (Å²) in [6.45, 7) is 7.38. The Morgan fingerprint density at radius 3 is 2.65 bits per heavy atom. The fourth-order valence-electron chi connectivity index (χ4n) is 2.92. The number of piperidine rings is 1. The van der Waals surface area contributed by atoms with E-state index in [2.05, 4.69) is 5.32 Å². The number of benzene rings is 1. The van der Waals surface area contributed by atoms with Crippen LogP contribution in [0.25, 0.3) is 0 Å². The highest BCUT2D eigenvalue weighted by molar-refractivity contribution is 7.89. The molecule has 2 rings (SSSR count). The first-order valence-electron chi connectivity index (χ1n) is 8.75. The number of sulfonamides is 1. The lowest BCUT2D eigenvalue weighted by molar-refractivity contribution is 0.0512. The topological polar surface area (TPSA) is 75.7 Å². The van der Waals surface area contributed by atoms with E-state index in [1.165, 1.54) is 29.4 Å². The summed E-state index contributed by atoms with van der Waals surface area (Å²) < 4.78 is 46.1. The summed E-state index contributed by atoms with van der Waals surface area (Å²) in [5, 5.41) is 2.66. The minimum atomic E-state index is -3.76. The highest BCUT2D eigenvalue weighted by Crippen LogP contribution is 2.26. The van der Waals surface area contributed by atoms with E-state index in [4.69, 9.17) is 4.74 Å². The Kier molecular flexibility index (Phi) is 6.29. The second kappa shape index (κ2) is 7.92. The Hall–Kier alpha value is -1.67. The van der Waals surface area contributed by atoms with Crippen molar-refractivity contribution < 1.29 is 22.3 Å². The third kappa shape index (κ3) is 5.17. The van der Waals surface area contributed by atoms with Gasteiger partial charge in [-0.25, -0.2) is 17.6 Å². The van der Waals surface area contributed by atoms with Gasteiger partial charge in [-0.3, -0.25) is 0 Å². The molecule has 1 amide bonds. The molecule has 0 spiro atoms. The quantitative estimate of drug-likeness (QED) is 0.862. The van der Waals surface area contributed by atoms with Crippen LogP contribution < -0.4 is 5.32 Å². The first kappa shape index (κ1) is 20.6. The third-order valence-corrected chi connectivity index (χ3v) is 6.14. The van der Waals surface area contributed by atoms with Crippen LogP contribution in [0.4, 0.5) is 9.18 Å². The number of nitrogens with one attached hydrogen (secondary N) is 1. The number of hydrogen-bond acceptors (Lipinski definition) is 4. The van der Waals surface area contributed by atoms with E-state index in [1.54, 1.807) is 20.8 Å². The van der Waals surface area contributed by atoms with Gasteiger partial charge in [-0.15, -0.1) is 0 Å². The van der Waals surface area contributed by atoms with Crippen molar-refractivity contribution in [1.29, 1.82) is 0 Å². The zero-order valence-corrected chi connectivity index (χ0v) is 16.5. The standard InChI is InChI=1S/C18H27FN2O4S/c1-13-11-15(8-9-16(13)19)26(23,24)21-10-6-5-7-14(21)12-20-17(22)25-18(2,3)4/h8-9,11,14H,5-7,10,12H2,1-4H3,(H,20,22).